The Labute approximate surface area is 142 Å². The summed E-state index contributed by atoms with van der Waals surface area (Å²) in [5, 5.41) is 0.427. The van der Waals surface area contributed by atoms with Crippen LogP contribution in [-0.2, 0) is 25.5 Å². The van der Waals surface area contributed by atoms with Gasteiger partial charge in [0, 0.05) is 13.7 Å². The molecule has 1 aromatic heterocycles. The van der Waals surface area contributed by atoms with E-state index in [0.717, 1.165) is 16.0 Å². The predicted octanol–water partition coefficient (Wildman–Crippen LogP) is 2.31. The quantitative estimate of drug-likeness (QED) is 0.677. The molecule has 0 aliphatic carbocycles. The Hall–Kier alpha value is -1.41. The van der Waals surface area contributed by atoms with E-state index in [-0.39, 0.29) is 24.6 Å². The highest BCUT2D eigenvalue weighted by Crippen LogP contribution is 2.25. The van der Waals surface area contributed by atoms with Gasteiger partial charge in [0.1, 0.15) is 12.6 Å². The number of aromatic nitrogens is 1. The van der Waals surface area contributed by atoms with Gasteiger partial charge >= 0.3 is 10.8 Å². The zero-order valence-electron chi connectivity index (χ0n) is 12.9. The van der Waals surface area contributed by atoms with Crippen LogP contribution in [0.2, 0.25) is 5.02 Å². The molecule has 0 spiro atoms. The van der Waals surface area contributed by atoms with Crippen LogP contribution >= 0.6 is 22.9 Å². The molecule has 0 bridgehead atoms. The zero-order chi connectivity index (χ0) is 16.8. The Morgan fingerprint density at radius 2 is 2.17 bits per heavy atom. The molecular weight excluding hydrogens is 342 g/mol. The van der Waals surface area contributed by atoms with E-state index in [2.05, 4.69) is 0 Å². The highest BCUT2D eigenvalue weighted by molar-refractivity contribution is 7.16. The summed E-state index contributed by atoms with van der Waals surface area (Å²) in [5.41, 5.74) is 0.550. The van der Waals surface area contributed by atoms with Crippen molar-refractivity contribution in [2.24, 2.45) is 0 Å². The molecular formula is C15H18ClNO5S. The topological polar surface area (TPSA) is 66.8 Å². The fraction of sp³-hybridized carbons (Fsp3) is 0.467. The number of fused-ring (bicyclic) bond motifs is 1. The van der Waals surface area contributed by atoms with Crippen LogP contribution < -0.4 is 4.87 Å². The van der Waals surface area contributed by atoms with E-state index in [9.17, 15) is 9.59 Å². The Balaban J connectivity index is 2.13. The molecule has 1 unspecified atom stereocenters. The van der Waals surface area contributed by atoms with Gasteiger partial charge in [0.05, 0.1) is 28.5 Å². The van der Waals surface area contributed by atoms with Crippen molar-refractivity contribution in [3.05, 3.63) is 32.9 Å². The number of thiazole rings is 1. The first-order valence-electron chi connectivity index (χ1n) is 7.10. The van der Waals surface area contributed by atoms with Crippen LogP contribution in [0.5, 0.6) is 0 Å². The fourth-order valence-corrected chi connectivity index (χ4v) is 3.38. The fourth-order valence-electron chi connectivity index (χ4n) is 2.13. The summed E-state index contributed by atoms with van der Waals surface area (Å²) >= 11 is 7.18. The van der Waals surface area contributed by atoms with Crippen LogP contribution in [0.25, 0.3) is 10.2 Å². The minimum Gasteiger partial charge on any atom is -0.456 e. The molecule has 8 heteroatoms. The summed E-state index contributed by atoms with van der Waals surface area (Å²) in [5.74, 6) is -0.534. The molecule has 1 heterocycles. The van der Waals surface area contributed by atoms with Crippen molar-refractivity contribution in [1.29, 1.82) is 0 Å². The number of nitrogens with zero attached hydrogens (tertiary/aromatic N) is 1. The lowest BCUT2D eigenvalue weighted by Crippen LogP contribution is -2.31. The van der Waals surface area contributed by atoms with Crippen molar-refractivity contribution in [1.82, 2.24) is 4.57 Å². The predicted molar refractivity (Wildman–Crippen MR) is 89.3 cm³/mol. The monoisotopic (exact) mass is 359 g/mol. The van der Waals surface area contributed by atoms with Crippen LogP contribution in [0.3, 0.4) is 0 Å². The van der Waals surface area contributed by atoms with Crippen LogP contribution in [-0.4, -0.2) is 43.6 Å². The summed E-state index contributed by atoms with van der Waals surface area (Å²) in [6.45, 7) is 2.64. The van der Waals surface area contributed by atoms with E-state index in [0.29, 0.717) is 17.1 Å². The van der Waals surface area contributed by atoms with Gasteiger partial charge in [-0.1, -0.05) is 29.0 Å². The number of halogens is 1. The normalized spacial score (nSPS) is 12.5. The van der Waals surface area contributed by atoms with Gasteiger partial charge in [0.15, 0.2) is 0 Å². The molecule has 1 atom stereocenters. The molecule has 0 fully saturated rings. The number of methoxy groups -OCH3 is 1. The SMILES string of the molecule is CCOCC(COC)OC(=O)Cn1c(=O)sc2cccc(Cl)c21. The number of carbonyl (C=O) groups excluding carboxylic acids is 1. The zero-order valence-corrected chi connectivity index (χ0v) is 14.5. The van der Waals surface area contributed by atoms with E-state index >= 15 is 0 Å². The first-order valence-corrected chi connectivity index (χ1v) is 8.30. The summed E-state index contributed by atoms with van der Waals surface area (Å²) in [4.78, 5) is 24.0. The molecule has 0 N–H and O–H groups in total. The molecule has 0 aliphatic rings. The second kappa shape index (κ2) is 8.44. The first-order chi connectivity index (χ1) is 11.1. The Morgan fingerprint density at radius 1 is 1.39 bits per heavy atom. The van der Waals surface area contributed by atoms with Crippen molar-refractivity contribution in [3.8, 4) is 0 Å². The maximum atomic E-state index is 12.1. The van der Waals surface area contributed by atoms with Crippen LogP contribution in [0.1, 0.15) is 6.92 Å². The van der Waals surface area contributed by atoms with Crippen LogP contribution in [0, 0.1) is 0 Å². The number of hydrogen-bond acceptors (Lipinski definition) is 6. The average molecular weight is 360 g/mol. The Bertz CT molecular complexity index is 726. The van der Waals surface area contributed by atoms with Crippen molar-refractivity contribution >= 4 is 39.1 Å². The Kier molecular flexibility index (Phi) is 6.59. The van der Waals surface area contributed by atoms with Gasteiger partial charge in [-0.15, -0.1) is 0 Å². The van der Waals surface area contributed by atoms with Gasteiger partial charge in [0.25, 0.3) is 0 Å². The second-order valence-corrected chi connectivity index (χ2v) is 6.17. The molecule has 6 nitrogen and oxygen atoms in total. The molecule has 0 saturated heterocycles. The van der Waals surface area contributed by atoms with E-state index in [4.69, 9.17) is 25.8 Å². The third-order valence-electron chi connectivity index (χ3n) is 3.08. The van der Waals surface area contributed by atoms with Gasteiger partial charge in [-0.2, -0.15) is 0 Å². The van der Waals surface area contributed by atoms with Crippen molar-refractivity contribution < 1.29 is 19.0 Å². The minimum absolute atomic E-state index is 0.199. The van der Waals surface area contributed by atoms with Gasteiger partial charge in [-0.3, -0.25) is 14.2 Å². The molecule has 0 amide bonds. The average Bonchev–Trinajstić information content (AvgIpc) is 2.82. The largest absolute Gasteiger partial charge is 0.456 e. The summed E-state index contributed by atoms with van der Waals surface area (Å²) in [7, 11) is 1.52. The van der Waals surface area contributed by atoms with Crippen LogP contribution in [0.15, 0.2) is 23.0 Å². The number of esters is 1. The maximum Gasteiger partial charge on any atom is 0.326 e. The van der Waals surface area contributed by atoms with Gasteiger partial charge in [0.2, 0.25) is 0 Å². The van der Waals surface area contributed by atoms with Gasteiger partial charge in [-0.25, -0.2) is 0 Å². The summed E-state index contributed by atoms with van der Waals surface area (Å²) in [6, 6.07) is 5.23. The molecule has 1 aromatic carbocycles. The van der Waals surface area contributed by atoms with Crippen molar-refractivity contribution in [3.63, 3.8) is 0 Å². The standard InChI is InChI=1S/C15H18ClNO5S/c1-3-21-9-10(8-20-2)22-13(18)7-17-14-11(16)5-4-6-12(14)23-15(17)19/h4-6,10H,3,7-9H2,1-2H3. The molecule has 0 radical (unpaired) electrons. The number of hydrogen-bond donors (Lipinski definition) is 0. The van der Waals surface area contributed by atoms with E-state index in [1.807, 2.05) is 6.92 Å². The first kappa shape index (κ1) is 17.9. The number of para-hydroxylation sites is 1. The lowest BCUT2D eigenvalue weighted by molar-refractivity contribution is -0.156. The lowest BCUT2D eigenvalue weighted by Gasteiger charge is -2.17. The van der Waals surface area contributed by atoms with Crippen molar-refractivity contribution in [2.75, 3.05) is 26.9 Å². The van der Waals surface area contributed by atoms with Crippen molar-refractivity contribution in [2.45, 2.75) is 19.6 Å². The minimum atomic E-state index is -0.534. The Morgan fingerprint density at radius 3 is 2.87 bits per heavy atom. The molecule has 0 saturated carbocycles. The van der Waals surface area contributed by atoms with Crippen LogP contribution in [0.4, 0.5) is 0 Å². The third kappa shape index (κ3) is 4.54. The molecule has 0 aliphatic heterocycles. The molecule has 23 heavy (non-hydrogen) atoms. The summed E-state index contributed by atoms with van der Waals surface area (Å²) < 4.78 is 17.6. The van der Waals surface area contributed by atoms with E-state index in [1.54, 1.807) is 18.2 Å². The highest BCUT2D eigenvalue weighted by Gasteiger charge is 2.18. The number of rotatable bonds is 8. The van der Waals surface area contributed by atoms with Gasteiger partial charge < -0.3 is 14.2 Å². The summed E-state index contributed by atoms with van der Waals surface area (Å²) in [6.07, 6.45) is -0.511. The molecule has 2 aromatic rings. The smallest absolute Gasteiger partial charge is 0.326 e. The number of benzene rings is 1. The second-order valence-electron chi connectivity index (χ2n) is 4.77. The molecule has 126 valence electrons. The highest BCUT2D eigenvalue weighted by atomic mass is 35.5. The third-order valence-corrected chi connectivity index (χ3v) is 4.33. The maximum absolute atomic E-state index is 12.1. The number of ether oxygens (including phenoxy) is 3. The number of carbonyl (C=O) groups is 1. The van der Waals surface area contributed by atoms with Gasteiger partial charge in [-0.05, 0) is 19.1 Å². The van der Waals surface area contributed by atoms with E-state index < -0.39 is 12.1 Å². The lowest BCUT2D eigenvalue weighted by atomic mass is 10.3. The van der Waals surface area contributed by atoms with E-state index in [1.165, 1.54) is 11.7 Å². The molecule has 2 rings (SSSR count).